The number of hydrogen-bond donors (Lipinski definition) is 2. The van der Waals surface area contributed by atoms with E-state index in [2.05, 4.69) is 10.6 Å². The number of carbonyl (C=O) groups is 1. The highest BCUT2D eigenvalue weighted by Gasteiger charge is 2.19. The van der Waals surface area contributed by atoms with Crippen LogP contribution in [0, 0.1) is 0 Å². The summed E-state index contributed by atoms with van der Waals surface area (Å²) in [6, 6.07) is 5.96. The Morgan fingerprint density at radius 2 is 2.29 bits per heavy atom. The number of nitrogens with zero attached hydrogens (tertiary/aromatic N) is 1. The molecule has 2 amide bonds. The molecule has 4 heteroatoms. The molecule has 0 fully saturated rings. The maximum Gasteiger partial charge on any atom is 0.321 e. The summed E-state index contributed by atoms with van der Waals surface area (Å²) in [5.41, 5.74) is 3.14. The number of carbonyl (C=O) groups excluding carboxylic acids is 1. The Kier molecular flexibility index (Phi) is 2.04. The van der Waals surface area contributed by atoms with E-state index in [1.165, 1.54) is 0 Å². The molecule has 1 aromatic rings. The molecule has 1 aromatic carbocycles. The summed E-state index contributed by atoms with van der Waals surface area (Å²) in [6.45, 7) is 0.614. The molecule has 1 aliphatic rings. The van der Waals surface area contributed by atoms with Gasteiger partial charge in [0.1, 0.15) is 0 Å². The van der Waals surface area contributed by atoms with Gasteiger partial charge in [-0.2, -0.15) is 0 Å². The Bertz CT molecular complexity index is 376. The number of fused-ring (bicyclic) bond motifs is 1. The van der Waals surface area contributed by atoms with Gasteiger partial charge in [-0.3, -0.25) is 4.90 Å². The highest BCUT2D eigenvalue weighted by atomic mass is 16.2. The molecule has 2 N–H and O–H groups in total. The fourth-order valence-electron chi connectivity index (χ4n) is 1.58. The van der Waals surface area contributed by atoms with Gasteiger partial charge in [0.25, 0.3) is 0 Å². The summed E-state index contributed by atoms with van der Waals surface area (Å²) in [5, 5.41) is 5.85. The quantitative estimate of drug-likeness (QED) is 0.704. The summed E-state index contributed by atoms with van der Waals surface area (Å²) < 4.78 is 0. The zero-order valence-corrected chi connectivity index (χ0v) is 8.29. The minimum atomic E-state index is -0.0502. The number of benzene rings is 1. The van der Waals surface area contributed by atoms with E-state index in [0.717, 1.165) is 16.9 Å². The van der Waals surface area contributed by atoms with Crippen LogP contribution in [-0.2, 0) is 6.54 Å². The number of hydrogen-bond acceptors (Lipinski definition) is 2. The van der Waals surface area contributed by atoms with Gasteiger partial charge >= 0.3 is 6.03 Å². The van der Waals surface area contributed by atoms with Crippen LogP contribution in [0.15, 0.2) is 18.2 Å². The maximum absolute atomic E-state index is 11.4. The molecule has 0 saturated carbocycles. The van der Waals surface area contributed by atoms with Crippen molar-refractivity contribution in [3.63, 3.8) is 0 Å². The summed E-state index contributed by atoms with van der Waals surface area (Å²) in [4.78, 5) is 13.0. The molecule has 0 saturated heterocycles. The second-order valence-electron chi connectivity index (χ2n) is 3.31. The Morgan fingerprint density at radius 3 is 3.00 bits per heavy atom. The summed E-state index contributed by atoms with van der Waals surface area (Å²) in [5.74, 6) is 0. The lowest BCUT2D eigenvalue weighted by molar-refractivity contribution is 0.246. The van der Waals surface area contributed by atoms with E-state index in [-0.39, 0.29) is 6.03 Å². The second kappa shape index (κ2) is 3.21. The smallest absolute Gasteiger partial charge is 0.321 e. The van der Waals surface area contributed by atoms with Gasteiger partial charge in [0.05, 0.1) is 5.69 Å². The predicted molar refractivity (Wildman–Crippen MR) is 56.6 cm³/mol. The number of urea groups is 1. The SMILES string of the molecule is CNc1ccc2c(c1)N(C)C(=O)NC2. The van der Waals surface area contributed by atoms with Crippen LogP contribution in [0.3, 0.4) is 0 Å². The highest BCUT2D eigenvalue weighted by Crippen LogP contribution is 2.26. The van der Waals surface area contributed by atoms with Gasteiger partial charge < -0.3 is 10.6 Å². The summed E-state index contributed by atoms with van der Waals surface area (Å²) in [7, 11) is 3.64. The van der Waals surface area contributed by atoms with Gasteiger partial charge in [-0.15, -0.1) is 0 Å². The molecule has 2 rings (SSSR count). The third-order valence-electron chi connectivity index (χ3n) is 2.47. The van der Waals surface area contributed by atoms with Crippen molar-refractivity contribution in [1.82, 2.24) is 5.32 Å². The lowest BCUT2D eigenvalue weighted by Gasteiger charge is -2.26. The van der Waals surface area contributed by atoms with Crippen molar-refractivity contribution in [3.05, 3.63) is 23.8 Å². The number of amides is 2. The van der Waals surface area contributed by atoms with E-state index < -0.39 is 0 Å². The van der Waals surface area contributed by atoms with Gasteiger partial charge in [-0.1, -0.05) is 6.07 Å². The average Bonchev–Trinajstić information content (AvgIpc) is 2.23. The van der Waals surface area contributed by atoms with E-state index in [1.807, 2.05) is 25.2 Å². The van der Waals surface area contributed by atoms with Crippen LogP contribution < -0.4 is 15.5 Å². The standard InChI is InChI=1S/C10H13N3O/c1-11-8-4-3-7-6-12-10(14)13(2)9(7)5-8/h3-5,11H,6H2,1-2H3,(H,12,14). The molecule has 0 atom stereocenters. The average molecular weight is 191 g/mol. The lowest BCUT2D eigenvalue weighted by Crippen LogP contribution is -2.41. The molecule has 0 radical (unpaired) electrons. The molecule has 4 nitrogen and oxygen atoms in total. The molecule has 1 aliphatic heterocycles. The molecule has 0 bridgehead atoms. The van der Waals surface area contributed by atoms with Gasteiger partial charge in [0.2, 0.25) is 0 Å². The number of nitrogens with one attached hydrogen (secondary N) is 2. The van der Waals surface area contributed by atoms with Crippen LogP contribution >= 0.6 is 0 Å². The zero-order valence-electron chi connectivity index (χ0n) is 8.29. The monoisotopic (exact) mass is 191 g/mol. The third-order valence-corrected chi connectivity index (χ3v) is 2.47. The van der Waals surface area contributed by atoms with E-state index in [9.17, 15) is 4.79 Å². The van der Waals surface area contributed by atoms with Crippen LogP contribution in [-0.4, -0.2) is 20.1 Å². The van der Waals surface area contributed by atoms with Crippen LogP contribution in [0.2, 0.25) is 0 Å². The fourth-order valence-corrected chi connectivity index (χ4v) is 1.58. The van der Waals surface area contributed by atoms with Gasteiger partial charge in [0, 0.05) is 26.3 Å². The van der Waals surface area contributed by atoms with Crippen LogP contribution in [0.4, 0.5) is 16.2 Å². The Labute approximate surface area is 82.9 Å². The second-order valence-corrected chi connectivity index (χ2v) is 3.31. The maximum atomic E-state index is 11.4. The van der Waals surface area contributed by atoms with Gasteiger partial charge in [-0.25, -0.2) is 4.79 Å². The Hall–Kier alpha value is -1.71. The van der Waals surface area contributed by atoms with Crippen molar-refractivity contribution in [3.8, 4) is 0 Å². The molecule has 0 unspecified atom stereocenters. The van der Waals surface area contributed by atoms with Crippen molar-refractivity contribution in [1.29, 1.82) is 0 Å². The van der Waals surface area contributed by atoms with E-state index >= 15 is 0 Å². The van der Waals surface area contributed by atoms with E-state index in [1.54, 1.807) is 11.9 Å². The first-order valence-corrected chi connectivity index (χ1v) is 4.54. The van der Waals surface area contributed by atoms with Gasteiger partial charge in [-0.05, 0) is 17.7 Å². The molecule has 1 heterocycles. The summed E-state index contributed by atoms with van der Waals surface area (Å²) in [6.07, 6.45) is 0. The highest BCUT2D eigenvalue weighted by molar-refractivity contribution is 5.94. The lowest BCUT2D eigenvalue weighted by atomic mass is 10.1. The topological polar surface area (TPSA) is 44.4 Å². The van der Waals surface area contributed by atoms with Crippen molar-refractivity contribution in [2.75, 3.05) is 24.3 Å². The predicted octanol–water partition coefficient (Wildman–Crippen LogP) is 1.39. The van der Waals surface area contributed by atoms with Gasteiger partial charge in [0.15, 0.2) is 0 Å². The third kappa shape index (κ3) is 1.28. The first kappa shape index (κ1) is 8.87. The van der Waals surface area contributed by atoms with Crippen LogP contribution in [0.25, 0.3) is 0 Å². The zero-order chi connectivity index (χ0) is 10.1. The molecule has 74 valence electrons. The normalized spacial score (nSPS) is 14.7. The molecule has 14 heavy (non-hydrogen) atoms. The molecule has 0 spiro atoms. The van der Waals surface area contributed by atoms with E-state index in [0.29, 0.717) is 6.54 Å². The first-order chi connectivity index (χ1) is 6.72. The number of rotatable bonds is 1. The largest absolute Gasteiger partial charge is 0.388 e. The molecular weight excluding hydrogens is 178 g/mol. The van der Waals surface area contributed by atoms with Crippen molar-refractivity contribution in [2.45, 2.75) is 6.54 Å². The van der Waals surface area contributed by atoms with E-state index in [4.69, 9.17) is 0 Å². The van der Waals surface area contributed by atoms with Crippen molar-refractivity contribution < 1.29 is 4.79 Å². The number of anilines is 2. The first-order valence-electron chi connectivity index (χ1n) is 4.54. The molecule has 0 aromatic heterocycles. The Morgan fingerprint density at radius 1 is 1.50 bits per heavy atom. The van der Waals surface area contributed by atoms with Crippen molar-refractivity contribution >= 4 is 17.4 Å². The van der Waals surface area contributed by atoms with Crippen LogP contribution in [0.5, 0.6) is 0 Å². The van der Waals surface area contributed by atoms with Crippen molar-refractivity contribution in [2.24, 2.45) is 0 Å². The molecular formula is C10H13N3O. The van der Waals surface area contributed by atoms with Crippen LogP contribution in [0.1, 0.15) is 5.56 Å². The summed E-state index contributed by atoms with van der Waals surface area (Å²) >= 11 is 0. The fraction of sp³-hybridized carbons (Fsp3) is 0.300. The minimum Gasteiger partial charge on any atom is -0.388 e. The Balaban J connectivity index is 2.46. The minimum absolute atomic E-state index is 0.0502. The molecule has 0 aliphatic carbocycles.